The molecule has 1 saturated heterocycles. The van der Waals surface area contributed by atoms with Crippen molar-refractivity contribution in [1.29, 1.82) is 0 Å². The van der Waals surface area contributed by atoms with Crippen molar-refractivity contribution in [1.82, 2.24) is 4.90 Å². The molecule has 1 unspecified atom stereocenters. The van der Waals surface area contributed by atoms with Crippen LogP contribution in [-0.4, -0.2) is 49.2 Å². The summed E-state index contributed by atoms with van der Waals surface area (Å²) in [7, 11) is 1.35. The fourth-order valence-corrected chi connectivity index (χ4v) is 4.46. The molecule has 0 N–H and O–H groups in total. The van der Waals surface area contributed by atoms with E-state index in [1.807, 2.05) is 91.0 Å². The summed E-state index contributed by atoms with van der Waals surface area (Å²) < 4.78 is 11.0. The predicted molar refractivity (Wildman–Crippen MR) is 135 cm³/mol. The Balaban J connectivity index is 1.50. The number of carbonyl (C=O) groups excluding carboxylic acids is 2. The Morgan fingerprint density at radius 2 is 1.49 bits per heavy atom. The molecule has 0 aliphatic carbocycles. The van der Waals surface area contributed by atoms with Gasteiger partial charge in [-0.3, -0.25) is 4.79 Å². The zero-order chi connectivity index (χ0) is 24.5. The molecule has 3 aromatic rings. The van der Waals surface area contributed by atoms with E-state index in [1.54, 1.807) is 4.90 Å². The maximum absolute atomic E-state index is 13.9. The van der Waals surface area contributed by atoms with Crippen LogP contribution in [0.3, 0.4) is 0 Å². The molecule has 1 fully saturated rings. The highest BCUT2D eigenvalue weighted by molar-refractivity contribution is 5.91. The average Bonchev–Trinajstić information content (AvgIpc) is 2.92. The van der Waals surface area contributed by atoms with E-state index in [9.17, 15) is 9.59 Å². The molecule has 178 valence electrons. The van der Waals surface area contributed by atoms with Crippen LogP contribution in [0.2, 0.25) is 0 Å². The Kier molecular flexibility index (Phi) is 8.32. The van der Waals surface area contributed by atoms with E-state index >= 15 is 0 Å². The van der Waals surface area contributed by atoms with Gasteiger partial charge in [-0.05, 0) is 29.7 Å². The van der Waals surface area contributed by atoms with Gasteiger partial charge in [-0.25, -0.2) is 4.79 Å². The molecule has 0 spiro atoms. The number of hydrogen-bond donors (Lipinski definition) is 0. The molecule has 4 rings (SSSR count). The summed E-state index contributed by atoms with van der Waals surface area (Å²) in [6, 6.07) is 28.4. The van der Waals surface area contributed by atoms with Gasteiger partial charge >= 0.3 is 5.97 Å². The van der Waals surface area contributed by atoms with Crippen molar-refractivity contribution in [3.05, 3.63) is 108 Å². The molecule has 1 heterocycles. The SMILES string of the molecule is COC(=O)C1C[C@H](OCC#Cc2ccccc2)CCN1C(=O)C(c1ccccc1)c1ccccc1. The average molecular weight is 468 g/mol. The lowest BCUT2D eigenvalue weighted by Crippen LogP contribution is -2.53. The Labute approximate surface area is 206 Å². The summed E-state index contributed by atoms with van der Waals surface area (Å²) >= 11 is 0. The van der Waals surface area contributed by atoms with E-state index in [4.69, 9.17) is 9.47 Å². The van der Waals surface area contributed by atoms with Crippen LogP contribution in [0.5, 0.6) is 0 Å². The van der Waals surface area contributed by atoms with E-state index in [0.717, 1.165) is 16.7 Å². The van der Waals surface area contributed by atoms with Gasteiger partial charge in [-0.2, -0.15) is 0 Å². The summed E-state index contributed by atoms with van der Waals surface area (Å²) in [6.07, 6.45) is 0.824. The lowest BCUT2D eigenvalue weighted by atomic mass is 9.88. The second-order valence-corrected chi connectivity index (χ2v) is 8.45. The lowest BCUT2D eigenvalue weighted by molar-refractivity contribution is -0.158. The molecule has 3 aromatic carbocycles. The maximum Gasteiger partial charge on any atom is 0.328 e. The summed E-state index contributed by atoms with van der Waals surface area (Å²) in [6.45, 7) is 0.670. The number of carbonyl (C=O) groups is 2. The third-order valence-corrected chi connectivity index (χ3v) is 6.22. The molecule has 2 atom stereocenters. The summed E-state index contributed by atoms with van der Waals surface area (Å²) in [5.74, 6) is 5.07. The van der Waals surface area contributed by atoms with Crippen molar-refractivity contribution in [2.75, 3.05) is 20.3 Å². The first kappa shape index (κ1) is 24.3. The van der Waals surface area contributed by atoms with Crippen LogP contribution in [0.15, 0.2) is 91.0 Å². The van der Waals surface area contributed by atoms with E-state index in [2.05, 4.69) is 11.8 Å². The smallest absolute Gasteiger partial charge is 0.328 e. The van der Waals surface area contributed by atoms with Crippen LogP contribution < -0.4 is 0 Å². The van der Waals surface area contributed by atoms with Crippen LogP contribution in [-0.2, 0) is 19.1 Å². The van der Waals surface area contributed by atoms with Crippen LogP contribution in [0, 0.1) is 11.8 Å². The van der Waals surface area contributed by atoms with Crippen molar-refractivity contribution in [3.8, 4) is 11.8 Å². The van der Waals surface area contributed by atoms with Gasteiger partial charge in [-0.15, -0.1) is 0 Å². The lowest BCUT2D eigenvalue weighted by Gasteiger charge is -2.39. The van der Waals surface area contributed by atoms with Gasteiger partial charge in [0.1, 0.15) is 12.6 Å². The third kappa shape index (κ3) is 6.17. The Bertz CT molecular complexity index is 1130. The third-order valence-electron chi connectivity index (χ3n) is 6.22. The first-order chi connectivity index (χ1) is 17.2. The second kappa shape index (κ2) is 12.0. The largest absolute Gasteiger partial charge is 0.467 e. The highest BCUT2D eigenvalue weighted by Crippen LogP contribution is 2.31. The quantitative estimate of drug-likeness (QED) is 0.398. The Hall–Kier alpha value is -3.88. The Morgan fingerprint density at radius 1 is 0.914 bits per heavy atom. The fraction of sp³-hybridized carbons (Fsp3) is 0.267. The molecule has 0 bridgehead atoms. The molecule has 5 heteroatoms. The van der Waals surface area contributed by atoms with Crippen molar-refractivity contribution >= 4 is 11.9 Å². The standard InChI is InChI=1S/C30H29NO4/c1-34-30(33)27-22-26(35-21-11-14-23-12-5-2-6-13-23)19-20-31(27)29(32)28(24-15-7-3-8-16-24)25-17-9-4-10-18-25/h2-10,12-13,15-18,26-28H,19-22H2,1H3/t26-,27?/m1/s1. The van der Waals surface area contributed by atoms with E-state index in [-0.39, 0.29) is 18.6 Å². The molecule has 35 heavy (non-hydrogen) atoms. The molecule has 5 nitrogen and oxygen atoms in total. The van der Waals surface area contributed by atoms with Gasteiger partial charge < -0.3 is 14.4 Å². The molecular formula is C30H29NO4. The van der Waals surface area contributed by atoms with Crippen LogP contribution in [0.4, 0.5) is 0 Å². The molecule has 1 aliphatic heterocycles. The minimum atomic E-state index is -0.705. The highest BCUT2D eigenvalue weighted by Gasteiger charge is 2.40. The first-order valence-electron chi connectivity index (χ1n) is 11.8. The molecule has 0 radical (unpaired) electrons. The molecule has 0 aromatic heterocycles. The monoisotopic (exact) mass is 467 g/mol. The highest BCUT2D eigenvalue weighted by atomic mass is 16.5. The number of piperidine rings is 1. The summed E-state index contributed by atoms with van der Waals surface area (Å²) in [5, 5.41) is 0. The van der Waals surface area contributed by atoms with E-state index < -0.39 is 17.9 Å². The zero-order valence-corrected chi connectivity index (χ0v) is 19.8. The minimum absolute atomic E-state index is 0.111. The number of likely N-dealkylation sites (tertiary alicyclic amines) is 1. The van der Waals surface area contributed by atoms with Gasteiger partial charge in [0, 0.05) is 18.5 Å². The molecular weight excluding hydrogens is 438 g/mol. The molecule has 0 saturated carbocycles. The van der Waals surface area contributed by atoms with Gasteiger partial charge in [0.05, 0.1) is 19.1 Å². The van der Waals surface area contributed by atoms with Crippen molar-refractivity contribution in [2.45, 2.75) is 30.9 Å². The van der Waals surface area contributed by atoms with Crippen LogP contribution >= 0.6 is 0 Å². The van der Waals surface area contributed by atoms with Crippen molar-refractivity contribution in [3.63, 3.8) is 0 Å². The first-order valence-corrected chi connectivity index (χ1v) is 11.8. The summed E-state index contributed by atoms with van der Waals surface area (Å²) in [4.78, 5) is 28.3. The number of methoxy groups -OCH3 is 1. The number of nitrogens with zero attached hydrogens (tertiary/aromatic N) is 1. The number of benzene rings is 3. The number of ether oxygens (including phenoxy) is 2. The van der Waals surface area contributed by atoms with Crippen LogP contribution in [0.25, 0.3) is 0 Å². The zero-order valence-electron chi connectivity index (χ0n) is 19.8. The molecule has 1 amide bonds. The Morgan fingerprint density at radius 3 is 2.06 bits per heavy atom. The van der Waals surface area contributed by atoms with Crippen molar-refractivity contribution in [2.24, 2.45) is 0 Å². The van der Waals surface area contributed by atoms with E-state index in [0.29, 0.717) is 19.4 Å². The summed E-state index contributed by atoms with van der Waals surface area (Å²) in [5.41, 5.74) is 2.71. The maximum atomic E-state index is 13.9. The molecule has 1 aliphatic rings. The number of amides is 1. The number of rotatable bonds is 6. The number of hydrogen-bond acceptors (Lipinski definition) is 4. The fourth-order valence-electron chi connectivity index (χ4n) is 4.46. The van der Waals surface area contributed by atoms with Gasteiger partial charge in [-0.1, -0.05) is 90.7 Å². The minimum Gasteiger partial charge on any atom is -0.467 e. The van der Waals surface area contributed by atoms with Crippen LogP contribution in [0.1, 0.15) is 35.4 Å². The van der Waals surface area contributed by atoms with Gasteiger partial charge in [0.25, 0.3) is 0 Å². The predicted octanol–water partition coefficient (Wildman–Crippen LogP) is 4.42. The second-order valence-electron chi connectivity index (χ2n) is 8.45. The van der Waals surface area contributed by atoms with Gasteiger partial charge in [0.2, 0.25) is 5.91 Å². The number of esters is 1. The van der Waals surface area contributed by atoms with Gasteiger partial charge in [0.15, 0.2) is 0 Å². The van der Waals surface area contributed by atoms with Crippen molar-refractivity contribution < 1.29 is 19.1 Å². The van der Waals surface area contributed by atoms with E-state index in [1.165, 1.54) is 7.11 Å². The normalized spacial score (nSPS) is 17.4. The topological polar surface area (TPSA) is 55.8 Å².